The Morgan fingerprint density at radius 3 is 2.55 bits per heavy atom. The maximum Gasteiger partial charge on any atom is 0.276 e. The summed E-state index contributed by atoms with van der Waals surface area (Å²) in [4.78, 5) is 8.51. The van der Waals surface area contributed by atoms with Crippen molar-refractivity contribution in [3.8, 4) is 23.0 Å². The van der Waals surface area contributed by atoms with E-state index in [1.807, 2.05) is 12.1 Å². The summed E-state index contributed by atoms with van der Waals surface area (Å²) in [5.74, 6) is 1.34. The first-order valence-corrected chi connectivity index (χ1v) is 6.42. The van der Waals surface area contributed by atoms with Crippen LogP contribution in [0, 0.1) is 0 Å². The molecule has 0 amide bonds. The number of rotatable bonds is 3. The van der Waals surface area contributed by atoms with Crippen molar-refractivity contribution >= 4 is 5.82 Å². The van der Waals surface area contributed by atoms with Crippen molar-refractivity contribution < 1.29 is 4.52 Å². The van der Waals surface area contributed by atoms with Gasteiger partial charge >= 0.3 is 0 Å². The SMILES string of the molecule is CCc1ccc(-c2noc(-c3cccc(N)n3)n2)cc1. The van der Waals surface area contributed by atoms with E-state index >= 15 is 0 Å². The number of nitrogen functional groups attached to an aromatic ring is 1. The highest BCUT2D eigenvalue weighted by Crippen LogP contribution is 2.21. The van der Waals surface area contributed by atoms with E-state index < -0.39 is 0 Å². The molecule has 100 valence electrons. The Kier molecular flexibility index (Phi) is 3.16. The van der Waals surface area contributed by atoms with Crippen molar-refractivity contribution in [2.45, 2.75) is 13.3 Å². The summed E-state index contributed by atoms with van der Waals surface area (Å²) in [5.41, 5.74) is 8.41. The predicted octanol–water partition coefficient (Wildman–Crippen LogP) is 2.94. The molecule has 0 fully saturated rings. The third-order valence-corrected chi connectivity index (χ3v) is 3.04. The van der Waals surface area contributed by atoms with Crippen LogP contribution in [0.3, 0.4) is 0 Å². The lowest BCUT2D eigenvalue weighted by molar-refractivity contribution is 0.431. The molecule has 0 unspecified atom stereocenters. The predicted molar refractivity (Wildman–Crippen MR) is 76.8 cm³/mol. The van der Waals surface area contributed by atoms with Crippen LogP contribution < -0.4 is 5.73 Å². The zero-order valence-corrected chi connectivity index (χ0v) is 11.1. The molecule has 20 heavy (non-hydrogen) atoms. The molecule has 0 spiro atoms. The van der Waals surface area contributed by atoms with Gasteiger partial charge in [-0.1, -0.05) is 42.4 Å². The number of anilines is 1. The summed E-state index contributed by atoms with van der Waals surface area (Å²) >= 11 is 0. The summed E-state index contributed by atoms with van der Waals surface area (Å²) in [7, 11) is 0. The summed E-state index contributed by atoms with van der Waals surface area (Å²) in [5, 5.41) is 3.98. The largest absolute Gasteiger partial charge is 0.384 e. The van der Waals surface area contributed by atoms with Gasteiger partial charge in [-0.25, -0.2) is 4.98 Å². The average Bonchev–Trinajstić information content (AvgIpc) is 2.97. The molecular weight excluding hydrogens is 252 g/mol. The minimum atomic E-state index is 0.367. The Morgan fingerprint density at radius 2 is 1.85 bits per heavy atom. The van der Waals surface area contributed by atoms with Gasteiger partial charge in [-0.15, -0.1) is 0 Å². The zero-order valence-electron chi connectivity index (χ0n) is 11.1. The molecule has 0 saturated heterocycles. The second kappa shape index (κ2) is 5.13. The van der Waals surface area contributed by atoms with E-state index in [1.54, 1.807) is 18.2 Å². The lowest BCUT2D eigenvalue weighted by Gasteiger charge is -1.97. The van der Waals surface area contributed by atoms with E-state index in [9.17, 15) is 0 Å². The fourth-order valence-corrected chi connectivity index (χ4v) is 1.90. The Bertz CT molecular complexity index is 719. The molecule has 0 radical (unpaired) electrons. The van der Waals surface area contributed by atoms with Gasteiger partial charge in [-0.2, -0.15) is 4.98 Å². The third-order valence-electron chi connectivity index (χ3n) is 3.04. The fraction of sp³-hybridized carbons (Fsp3) is 0.133. The monoisotopic (exact) mass is 266 g/mol. The van der Waals surface area contributed by atoms with Crippen molar-refractivity contribution in [1.29, 1.82) is 0 Å². The number of hydrogen-bond donors (Lipinski definition) is 1. The normalized spacial score (nSPS) is 10.7. The number of nitrogens with two attached hydrogens (primary N) is 1. The van der Waals surface area contributed by atoms with E-state index in [1.165, 1.54) is 5.56 Å². The molecule has 0 aliphatic carbocycles. The summed E-state index contributed by atoms with van der Waals surface area (Å²) in [6.07, 6.45) is 1.00. The molecule has 2 aromatic heterocycles. The molecule has 0 aliphatic rings. The van der Waals surface area contributed by atoms with Crippen molar-refractivity contribution in [3.63, 3.8) is 0 Å². The van der Waals surface area contributed by atoms with Crippen LogP contribution >= 0.6 is 0 Å². The molecule has 5 nitrogen and oxygen atoms in total. The van der Waals surface area contributed by atoms with Crippen molar-refractivity contribution in [2.75, 3.05) is 5.73 Å². The number of hydrogen-bond acceptors (Lipinski definition) is 5. The van der Waals surface area contributed by atoms with E-state index in [4.69, 9.17) is 10.3 Å². The van der Waals surface area contributed by atoms with Gasteiger partial charge in [0.1, 0.15) is 11.5 Å². The second-order valence-electron chi connectivity index (χ2n) is 4.42. The van der Waals surface area contributed by atoms with Gasteiger partial charge in [0.2, 0.25) is 5.82 Å². The Morgan fingerprint density at radius 1 is 1.05 bits per heavy atom. The quantitative estimate of drug-likeness (QED) is 0.788. The lowest BCUT2D eigenvalue weighted by Crippen LogP contribution is -1.91. The molecule has 2 N–H and O–H groups in total. The average molecular weight is 266 g/mol. The van der Waals surface area contributed by atoms with Gasteiger partial charge < -0.3 is 10.3 Å². The molecule has 0 saturated carbocycles. The minimum absolute atomic E-state index is 0.367. The molecule has 0 atom stereocenters. The molecule has 0 bridgehead atoms. The Balaban J connectivity index is 1.93. The molecule has 1 aromatic carbocycles. The first-order valence-electron chi connectivity index (χ1n) is 6.42. The molecule has 3 aromatic rings. The standard InChI is InChI=1S/C15H14N4O/c1-2-10-6-8-11(9-7-10)14-18-15(20-19-14)12-4-3-5-13(16)17-12/h3-9H,2H2,1H3,(H2,16,17). The molecule has 5 heteroatoms. The zero-order chi connectivity index (χ0) is 13.9. The van der Waals surface area contributed by atoms with Gasteiger partial charge in [0, 0.05) is 5.56 Å². The van der Waals surface area contributed by atoms with Gasteiger partial charge in [0.15, 0.2) is 0 Å². The highest BCUT2D eigenvalue weighted by Gasteiger charge is 2.11. The van der Waals surface area contributed by atoms with Crippen LogP contribution in [0.2, 0.25) is 0 Å². The van der Waals surface area contributed by atoms with Gasteiger partial charge in [-0.05, 0) is 24.1 Å². The first kappa shape index (κ1) is 12.3. The van der Waals surface area contributed by atoms with E-state index in [0.717, 1.165) is 12.0 Å². The highest BCUT2D eigenvalue weighted by atomic mass is 16.5. The number of aryl methyl sites for hydroxylation is 1. The second-order valence-corrected chi connectivity index (χ2v) is 4.42. The summed E-state index contributed by atoms with van der Waals surface area (Å²) in [6.45, 7) is 2.12. The number of nitrogens with zero attached hydrogens (tertiary/aromatic N) is 3. The van der Waals surface area contributed by atoms with Crippen LogP contribution in [0.5, 0.6) is 0 Å². The molecule has 0 aliphatic heterocycles. The van der Waals surface area contributed by atoms with E-state index in [0.29, 0.717) is 23.2 Å². The number of aromatic nitrogens is 3. The third kappa shape index (κ3) is 2.38. The van der Waals surface area contributed by atoms with Crippen LogP contribution in [0.15, 0.2) is 47.0 Å². The van der Waals surface area contributed by atoms with E-state index in [-0.39, 0.29) is 0 Å². The molecular formula is C15H14N4O. The molecule has 3 rings (SSSR count). The topological polar surface area (TPSA) is 77.8 Å². The van der Waals surface area contributed by atoms with Crippen molar-refractivity contribution in [3.05, 3.63) is 48.0 Å². The maximum atomic E-state index is 5.64. The van der Waals surface area contributed by atoms with Crippen LogP contribution in [0.1, 0.15) is 12.5 Å². The molecule has 2 heterocycles. The Labute approximate surface area is 116 Å². The van der Waals surface area contributed by atoms with Crippen molar-refractivity contribution in [2.24, 2.45) is 0 Å². The van der Waals surface area contributed by atoms with Gasteiger partial charge in [0.25, 0.3) is 5.89 Å². The first-order chi connectivity index (χ1) is 9.76. The smallest absolute Gasteiger partial charge is 0.276 e. The minimum Gasteiger partial charge on any atom is -0.384 e. The van der Waals surface area contributed by atoms with Crippen LogP contribution in [0.4, 0.5) is 5.82 Å². The highest BCUT2D eigenvalue weighted by molar-refractivity contribution is 5.58. The van der Waals surface area contributed by atoms with Crippen LogP contribution in [0.25, 0.3) is 23.0 Å². The van der Waals surface area contributed by atoms with Crippen LogP contribution in [-0.2, 0) is 6.42 Å². The van der Waals surface area contributed by atoms with Crippen molar-refractivity contribution in [1.82, 2.24) is 15.1 Å². The fourth-order valence-electron chi connectivity index (χ4n) is 1.90. The van der Waals surface area contributed by atoms with Gasteiger partial charge in [-0.3, -0.25) is 0 Å². The summed E-state index contributed by atoms with van der Waals surface area (Å²) < 4.78 is 5.24. The Hall–Kier alpha value is -2.69. The van der Waals surface area contributed by atoms with Gasteiger partial charge in [0.05, 0.1) is 0 Å². The maximum absolute atomic E-state index is 5.64. The number of benzene rings is 1. The lowest BCUT2D eigenvalue weighted by atomic mass is 10.1. The number of pyridine rings is 1. The van der Waals surface area contributed by atoms with E-state index in [2.05, 4.69) is 34.2 Å². The summed E-state index contributed by atoms with van der Waals surface area (Å²) in [6, 6.07) is 13.4. The van der Waals surface area contributed by atoms with Crippen LogP contribution in [-0.4, -0.2) is 15.1 Å².